The highest BCUT2D eigenvalue weighted by Gasteiger charge is 2.50. The van der Waals surface area contributed by atoms with Crippen molar-refractivity contribution in [3.05, 3.63) is 58.4 Å². The first-order valence-corrected chi connectivity index (χ1v) is 8.48. The maximum absolute atomic E-state index is 14.2. The summed E-state index contributed by atoms with van der Waals surface area (Å²) in [6.07, 6.45) is 1.08. The van der Waals surface area contributed by atoms with Gasteiger partial charge in [0.2, 0.25) is 29.1 Å². The molecule has 1 aliphatic heterocycles. The summed E-state index contributed by atoms with van der Waals surface area (Å²) in [5.74, 6) is -10.4. The van der Waals surface area contributed by atoms with E-state index in [1.165, 1.54) is 6.07 Å². The molecule has 0 fully saturated rings. The molecule has 0 N–H and O–H groups in total. The molecule has 1 heterocycles. The third-order valence-corrected chi connectivity index (χ3v) is 4.57. The van der Waals surface area contributed by atoms with Gasteiger partial charge in [0.05, 0.1) is 5.56 Å². The molecule has 0 aliphatic carbocycles. The number of fused-ring (bicyclic) bond motifs is 1. The molecule has 2 aromatic rings. The van der Waals surface area contributed by atoms with Crippen molar-refractivity contribution in [1.29, 1.82) is 0 Å². The second-order valence-corrected chi connectivity index (χ2v) is 8.20. The fraction of sp³-hybridized carbons (Fsp3) is 0.278. The molecule has 9 heteroatoms. The average Bonchev–Trinajstić information content (AvgIpc) is 2.57. The standard InChI is InChI=1S/C18H13Cl2F5NO/c1-17(2,3)9-6-4-5-8-7-26(18(19,20)27-16(8)9)15-13(24)11(22)10(21)12(23)14(15)25/h4-7H,1-3H3/q+1. The van der Waals surface area contributed by atoms with E-state index in [4.69, 9.17) is 27.9 Å². The molecule has 27 heavy (non-hydrogen) atoms. The maximum atomic E-state index is 14.2. The summed E-state index contributed by atoms with van der Waals surface area (Å²) in [7, 11) is 0. The summed E-state index contributed by atoms with van der Waals surface area (Å²) < 4.78 is 72.5. The van der Waals surface area contributed by atoms with Crippen LogP contribution in [-0.2, 0) is 5.41 Å². The highest BCUT2D eigenvalue weighted by Crippen LogP contribution is 2.44. The van der Waals surface area contributed by atoms with Gasteiger partial charge >= 0.3 is 4.64 Å². The van der Waals surface area contributed by atoms with Crippen molar-refractivity contribution >= 4 is 35.1 Å². The quantitative estimate of drug-likeness (QED) is 0.138. The molecule has 2 nitrogen and oxygen atoms in total. The molecule has 0 unspecified atom stereocenters. The van der Waals surface area contributed by atoms with Gasteiger partial charge in [0.1, 0.15) is 5.75 Å². The molecule has 0 saturated heterocycles. The second kappa shape index (κ2) is 6.34. The first-order chi connectivity index (χ1) is 12.4. The van der Waals surface area contributed by atoms with Gasteiger partial charge in [0.25, 0.3) is 5.69 Å². The molecule has 0 spiro atoms. The number of hydrogen-bond acceptors (Lipinski definition) is 1. The Kier molecular flexibility index (Phi) is 4.67. The van der Waals surface area contributed by atoms with Gasteiger partial charge in [-0.25, -0.2) is 13.2 Å². The van der Waals surface area contributed by atoms with E-state index in [1.807, 2.05) is 20.8 Å². The Morgan fingerprint density at radius 3 is 1.93 bits per heavy atom. The van der Waals surface area contributed by atoms with Crippen LogP contribution in [0.2, 0.25) is 0 Å². The van der Waals surface area contributed by atoms with Crippen LogP contribution in [0.15, 0.2) is 18.2 Å². The summed E-state index contributed by atoms with van der Waals surface area (Å²) in [5.41, 5.74) is -0.707. The van der Waals surface area contributed by atoms with Gasteiger partial charge in [0.15, 0.2) is 6.21 Å². The van der Waals surface area contributed by atoms with E-state index < -0.39 is 44.8 Å². The number of ether oxygens (including phenoxy) is 1. The van der Waals surface area contributed by atoms with Crippen molar-refractivity contribution in [2.24, 2.45) is 0 Å². The Hall–Kier alpha value is -1.86. The van der Waals surface area contributed by atoms with Gasteiger partial charge < -0.3 is 4.74 Å². The third kappa shape index (κ3) is 3.17. The largest absolute Gasteiger partial charge is 0.479 e. The Labute approximate surface area is 161 Å². The zero-order valence-corrected chi connectivity index (χ0v) is 15.8. The zero-order valence-electron chi connectivity index (χ0n) is 14.3. The predicted octanol–water partition coefficient (Wildman–Crippen LogP) is 5.92. The SMILES string of the molecule is CC(C)(C)c1cccc2c1OC(Cl)(Cl)[N+](c1c(F)c(F)c(F)c(F)c1F)=C2. The van der Waals surface area contributed by atoms with Crippen LogP contribution in [0, 0.1) is 29.1 Å². The first kappa shape index (κ1) is 19.9. The van der Waals surface area contributed by atoms with Crippen LogP contribution in [0.4, 0.5) is 27.6 Å². The van der Waals surface area contributed by atoms with Gasteiger partial charge in [-0.1, -0.05) is 32.9 Å². The van der Waals surface area contributed by atoms with E-state index in [2.05, 4.69) is 0 Å². The van der Waals surface area contributed by atoms with Crippen molar-refractivity contribution in [2.45, 2.75) is 30.8 Å². The smallest absolute Gasteiger partial charge is 0.405 e. The topological polar surface area (TPSA) is 12.2 Å². The number of benzene rings is 2. The summed E-state index contributed by atoms with van der Waals surface area (Å²) in [5, 5.41) is 0. The molecule has 0 saturated carbocycles. The molecule has 0 aromatic heterocycles. The fourth-order valence-electron chi connectivity index (χ4n) is 2.75. The molecule has 2 aromatic carbocycles. The summed E-state index contributed by atoms with van der Waals surface area (Å²) in [4.78, 5) is 0. The molecule has 1 aliphatic rings. The predicted molar refractivity (Wildman–Crippen MR) is 91.5 cm³/mol. The van der Waals surface area contributed by atoms with Gasteiger partial charge in [-0.05, 0) is 11.5 Å². The van der Waals surface area contributed by atoms with E-state index in [9.17, 15) is 22.0 Å². The van der Waals surface area contributed by atoms with Gasteiger partial charge in [-0.15, -0.1) is 4.58 Å². The van der Waals surface area contributed by atoms with Crippen LogP contribution in [0.3, 0.4) is 0 Å². The van der Waals surface area contributed by atoms with Crippen LogP contribution in [0.25, 0.3) is 0 Å². The lowest BCUT2D eigenvalue weighted by Crippen LogP contribution is -2.40. The lowest BCUT2D eigenvalue weighted by Gasteiger charge is -2.29. The first-order valence-electron chi connectivity index (χ1n) is 7.72. The number of rotatable bonds is 1. The minimum Gasteiger partial charge on any atom is -0.405 e. The highest BCUT2D eigenvalue weighted by molar-refractivity contribution is 6.46. The molecule has 0 amide bonds. The van der Waals surface area contributed by atoms with Crippen molar-refractivity contribution in [2.75, 3.05) is 0 Å². The van der Waals surface area contributed by atoms with Gasteiger partial charge in [-0.3, -0.25) is 0 Å². The highest BCUT2D eigenvalue weighted by atomic mass is 35.5. The van der Waals surface area contributed by atoms with Crippen molar-refractivity contribution in [3.63, 3.8) is 0 Å². The van der Waals surface area contributed by atoms with E-state index in [0.717, 1.165) is 6.21 Å². The summed E-state index contributed by atoms with van der Waals surface area (Å²) in [6, 6.07) is 4.95. The minimum absolute atomic E-state index is 0.245. The Balaban J connectivity index is 2.33. The van der Waals surface area contributed by atoms with E-state index in [-0.39, 0.29) is 5.75 Å². The van der Waals surface area contributed by atoms with E-state index >= 15 is 0 Å². The number of hydrogen-bond donors (Lipinski definition) is 0. The van der Waals surface area contributed by atoms with Crippen LogP contribution < -0.4 is 4.74 Å². The van der Waals surface area contributed by atoms with Crippen molar-refractivity contribution < 1.29 is 31.3 Å². The lowest BCUT2D eigenvalue weighted by molar-refractivity contribution is -0.523. The normalized spacial score (nSPS) is 15.9. The Morgan fingerprint density at radius 1 is 0.889 bits per heavy atom. The Bertz CT molecular complexity index is 954. The molecular formula is C18H13Cl2F5NO+. The van der Waals surface area contributed by atoms with Crippen LogP contribution >= 0.6 is 23.2 Å². The second-order valence-electron chi connectivity index (χ2n) is 6.98. The zero-order chi connectivity index (χ0) is 20.3. The average molecular weight is 425 g/mol. The van der Waals surface area contributed by atoms with E-state index in [1.54, 1.807) is 12.1 Å². The van der Waals surface area contributed by atoms with Crippen LogP contribution in [0.5, 0.6) is 5.75 Å². The van der Waals surface area contributed by atoms with E-state index in [0.29, 0.717) is 15.7 Å². The van der Waals surface area contributed by atoms with Gasteiger partial charge in [0, 0.05) is 28.8 Å². The summed E-state index contributed by atoms with van der Waals surface area (Å²) in [6.45, 7) is 5.69. The third-order valence-electron chi connectivity index (χ3n) is 4.05. The molecule has 0 atom stereocenters. The molecule has 3 rings (SSSR count). The van der Waals surface area contributed by atoms with Gasteiger partial charge in [-0.2, -0.15) is 8.78 Å². The number of halogens is 7. The number of nitrogens with zero attached hydrogens (tertiary/aromatic N) is 1. The number of para-hydroxylation sites is 1. The lowest BCUT2D eigenvalue weighted by atomic mass is 9.85. The monoisotopic (exact) mass is 424 g/mol. The minimum atomic E-state index is -2.45. The maximum Gasteiger partial charge on any atom is 0.479 e. The number of alkyl halides is 2. The summed E-state index contributed by atoms with van der Waals surface area (Å²) >= 11 is 12.2. The van der Waals surface area contributed by atoms with Crippen LogP contribution in [-0.4, -0.2) is 15.4 Å². The Morgan fingerprint density at radius 2 is 1.41 bits per heavy atom. The molecule has 0 bridgehead atoms. The van der Waals surface area contributed by atoms with Crippen LogP contribution in [0.1, 0.15) is 31.9 Å². The fourth-order valence-corrected chi connectivity index (χ4v) is 3.17. The van der Waals surface area contributed by atoms with Crippen molar-refractivity contribution in [1.82, 2.24) is 0 Å². The molecule has 144 valence electrons. The molecular weight excluding hydrogens is 412 g/mol. The van der Waals surface area contributed by atoms with Crippen molar-refractivity contribution in [3.8, 4) is 5.75 Å². The molecule has 0 radical (unpaired) electrons.